The summed E-state index contributed by atoms with van der Waals surface area (Å²) in [7, 11) is 1.50. The summed E-state index contributed by atoms with van der Waals surface area (Å²) >= 11 is 7.29. The molecule has 106 valence electrons. The Bertz CT molecular complexity index is 583. The van der Waals surface area contributed by atoms with Gasteiger partial charge in [-0.05, 0) is 31.2 Å². The molecule has 2 aromatic rings. The van der Waals surface area contributed by atoms with Crippen molar-refractivity contribution >= 4 is 34.5 Å². The van der Waals surface area contributed by atoms with E-state index in [2.05, 4.69) is 10.3 Å². The minimum atomic E-state index is -0.472. The van der Waals surface area contributed by atoms with Crippen LogP contribution in [0.3, 0.4) is 0 Å². The SMILES string of the molecule is COC(C)C(=O)Nc1ccc(-c2nc(CCl)cs2)cc1. The predicted octanol–water partition coefficient (Wildman–Crippen LogP) is 3.52. The molecule has 0 spiro atoms. The molecule has 0 aliphatic heterocycles. The second kappa shape index (κ2) is 6.83. The Hall–Kier alpha value is -1.43. The number of thiazole rings is 1. The number of nitrogens with one attached hydrogen (secondary N) is 1. The summed E-state index contributed by atoms with van der Waals surface area (Å²) in [5.74, 6) is 0.249. The number of ether oxygens (including phenoxy) is 1. The van der Waals surface area contributed by atoms with E-state index in [1.54, 1.807) is 18.3 Å². The average Bonchev–Trinajstić information content (AvgIpc) is 2.96. The van der Waals surface area contributed by atoms with Gasteiger partial charge in [0.1, 0.15) is 11.1 Å². The van der Waals surface area contributed by atoms with E-state index in [-0.39, 0.29) is 5.91 Å². The minimum absolute atomic E-state index is 0.168. The van der Waals surface area contributed by atoms with Gasteiger partial charge in [-0.1, -0.05) is 0 Å². The van der Waals surface area contributed by atoms with Gasteiger partial charge in [0.25, 0.3) is 5.91 Å². The van der Waals surface area contributed by atoms with Crippen molar-refractivity contribution in [2.24, 2.45) is 0 Å². The van der Waals surface area contributed by atoms with Crippen LogP contribution in [0.5, 0.6) is 0 Å². The number of alkyl halides is 1. The first-order valence-electron chi connectivity index (χ1n) is 6.08. The van der Waals surface area contributed by atoms with E-state index < -0.39 is 6.10 Å². The predicted molar refractivity (Wildman–Crippen MR) is 82.2 cm³/mol. The van der Waals surface area contributed by atoms with Crippen molar-refractivity contribution in [1.82, 2.24) is 4.98 Å². The normalized spacial score (nSPS) is 12.2. The number of methoxy groups -OCH3 is 1. The van der Waals surface area contributed by atoms with Crippen molar-refractivity contribution < 1.29 is 9.53 Å². The summed E-state index contributed by atoms with van der Waals surface area (Å²) < 4.78 is 4.96. The second-order valence-corrected chi connectivity index (χ2v) is 5.35. The zero-order valence-electron chi connectivity index (χ0n) is 11.2. The van der Waals surface area contributed by atoms with Gasteiger partial charge in [0.2, 0.25) is 0 Å². The van der Waals surface area contributed by atoms with Crippen LogP contribution < -0.4 is 5.32 Å². The van der Waals surface area contributed by atoms with E-state index in [4.69, 9.17) is 16.3 Å². The van der Waals surface area contributed by atoms with E-state index in [1.165, 1.54) is 7.11 Å². The summed E-state index contributed by atoms with van der Waals surface area (Å²) in [6.07, 6.45) is -0.472. The first-order chi connectivity index (χ1) is 9.63. The molecule has 20 heavy (non-hydrogen) atoms. The molecule has 0 fully saturated rings. The Balaban J connectivity index is 2.08. The average molecular weight is 311 g/mol. The number of amides is 1. The number of nitrogens with zero attached hydrogens (tertiary/aromatic N) is 1. The standard InChI is InChI=1S/C14H15ClN2O2S/c1-9(19-2)13(18)16-11-5-3-10(4-6-11)14-17-12(7-15)8-20-14/h3-6,8-9H,7H2,1-2H3,(H,16,18). The Morgan fingerprint density at radius 2 is 2.15 bits per heavy atom. The molecule has 0 aliphatic carbocycles. The van der Waals surface area contributed by atoms with Crippen molar-refractivity contribution in [3.05, 3.63) is 35.3 Å². The number of rotatable bonds is 5. The molecule has 1 heterocycles. The highest BCUT2D eigenvalue weighted by Gasteiger charge is 2.11. The third kappa shape index (κ3) is 3.56. The zero-order chi connectivity index (χ0) is 14.5. The lowest BCUT2D eigenvalue weighted by Gasteiger charge is -2.10. The molecule has 1 aromatic carbocycles. The van der Waals surface area contributed by atoms with Crippen molar-refractivity contribution in [3.8, 4) is 10.6 Å². The molecule has 0 aliphatic rings. The molecule has 0 radical (unpaired) electrons. The topological polar surface area (TPSA) is 51.2 Å². The van der Waals surface area contributed by atoms with E-state index in [1.807, 2.05) is 29.6 Å². The van der Waals surface area contributed by atoms with Crippen LogP contribution in [-0.4, -0.2) is 24.1 Å². The molecule has 1 aromatic heterocycles. The molecule has 4 nitrogen and oxygen atoms in total. The molecular weight excluding hydrogens is 296 g/mol. The molecule has 2 rings (SSSR count). The lowest BCUT2D eigenvalue weighted by Crippen LogP contribution is -2.26. The Morgan fingerprint density at radius 1 is 1.45 bits per heavy atom. The quantitative estimate of drug-likeness (QED) is 0.860. The molecule has 6 heteroatoms. The lowest BCUT2D eigenvalue weighted by molar-refractivity contribution is -0.124. The van der Waals surface area contributed by atoms with Crippen LogP contribution in [0.4, 0.5) is 5.69 Å². The van der Waals surface area contributed by atoms with Gasteiger partial charge in [-0.3, -0.25) is 4.79 Å². The highest BCUT2D eigenvalue weighted by molar-refractivity contribution is 7.13. The molecule has 0 saturated carbocycles. The number of hydrogen-bond donors (Lipinski definition) is 1. The molecule has 0 saturated heterocycles. The third-order valence-corrected chi connectivity index (χ3v) is 4.02. The van der Waals surface area contributed by atoms with Crippen LogP contribution in [0.2, 0.25) is 0 Å². The summed E-state index contributed by atoms with van der Waals surface area (Å²) in [6, 6.07) is 7.53. The van der Waals surface area contributed by atoms with Gasteiger partial charge in [-0.15, -0.1) is 22.9 Å². The van der Waals surface area contributed by atoms with Crippen LogP contribution >= 0.6 is 22.9 Å². The highest BCUT2D eigenvalue weighted by Crippen LogP contribution is 2.25. The molecule has 1 amide bonds. The largest absolute Gasteiger partial charge is 0.372 e. The van der Waals surface area contributed by atoms with Gasteiger partial charge in [0.05, 0.1) is 11.6 Å². The number of carbonyl (C=O) groups excluding carboxylic acids is 1. The number of hydrogen-bond acceptors (Lipinski definition) is 4. The molecule has 1 unspecified atom stereocenters. The number of benzene rings is 1. The van der Waals surface area contributed by atoms with Crippen LogP contribution in [0.15, 0.2) is 29.6 Å². The number of aromatic nitrogens is 1. The van der Waals surface area contributed by atoms with Crippen LogP contribution in [-0.2, 0) is 15.4 Å². The summed E-state index contributed by atoms with van der Waals surface area (Å²) in [4.78, 5) is 16.1. The van der Waals surface area contributed by atoms with Crippen molar-refractivity contribution in [2.45, 2.75) is 18.9 Å². The fourth-order valence-corrected chi connectivity index (χ4v) is 2.60. The molecule has 0 bridgehead atoms. The Kier molecular flexibility index (Phi) is 5.11. The number of carbonyl (C=O) groups is 1. The maximum absolute atomic E-state index is 11.7. The molecule has 1 atom stereocenters. The molecular formula is C14H15ClN2O2S. The summed E-state index contributed by atoms with van der Waals surface area (Å²) in [6.45, 7) is 1.70. The smallest absolute Gasteiger partial charge is 0.253 e. The van der Waals surface area contributed by atoms with E-state index in [0.717, 1.165) is 22.0 Å². The second-order valence-electron chi connectivity index (χ2n) is 4.22. The summed E-state index contributed by atoms with van der Waals surface area (Å²) in [5, 5.41) is 5.65. The maximum atomic E-state index is 11.7. The van der Waals surface area contributed by atoms with Gasteiger partial charge < -0.3 is 10.1 Å². The van der Waals surface area contributed by atoms with E-state index in [9.17, 15) is 4.79 Å². The van der Waals surface area contributed by atoms with E-state index in [0.29, 0.717) is 5.88 Å². The summed E-state index contributed by atoms with van der Waals surface area (Å²) in [5.41, 5.74) is 2.61. The van der Waals surface area contributed by atoms with Gasteiger partial charge in [-0.25, -0.2) is 4.98 Å². The van der Waals surface area contributed by atoms with Crippen LogP contribution in [0.1, 0.15) is 12.6 Å². The van der Waals surface area contributed by atoms with Gasteiger partial charge in [-0.2, -0.15) is 0 Å². The maximum Gasteiger partial charge on any atom is 0.253 e. The first kappa shape index (κ1) is 15.0. The number of halogens is 1. The zero-order valence-corrected chi connectivity index (χ0v) is 12.8. The van der Waals surface area contributed by atoms with Crippen molar-refractivity contribution in [2.75, 3.05) is 12.4 Å². The molecule has 1 N–H and O–H groups in total. The fourth-order valence-electron chi connectivity index (χ4n) is 1.55. The Morgan fingerprint density at radius 3 is 2.70 bits per heavy atom. The lowest BCUT2D eigenvalue weighted by atomic mass is 10.2. The third-order valence-electron chi connectivity index (χ3n) is 2.81. The van der Waals surface area contributed by atoms with E-state index >= 15 is 0 Å². The first-order valence-corrected chi connectivity index (χ1v) is 7.50. The highest BCUT2D eigenvalue weighted by atomic mass is 35.5. The number of anilines is 1. The monoisotopic (exact) mass is 310 g/mol. The van der Waals surface area contributed by atoms with Crippen LogP contribution in [0, 0.1) is 0 Å². The Labute approximate surface area is 126 Å². The van der Waals surface area contributed by atoms with Gasteiger partial charge in [0, 0.05) is 23.7 Å². The van der Waals surface area contributed by atoms with Crippen molar-refractivity contribution in [3.63, 3.8) is 0 Å². The minimum Gasteiger partial charge on any atom is -0.372 e. The fraction of sp³-hybridized carbons (Fsp3) is 0.286. The van der Waals surface area contributed by atoms with Crippen molar-refractivity contribution in [1.29, 1.82) is 0 Å². The van der Waals surface area contributed by atoms with Gasteiger partial charge >= 0.3 is 0 Å². The van der Waals surface area contributed by atoms with Gasteiger partial charge in [0.15, 0.2) is 0 Å². The van der Waals surface area contributed by atoms with Crippen LogP contribution in [0.25, 0.3) is 10.6 Å².